The molecule has 1 atom stereocenters. The van der Waals surface area contributed by atoms with E-state index in [1.807, 2.05) is 0 Å². The van der Waals surface area contributed by atoms with Crippen molar-refractivity contribution in [1.82, 2.24) is 0 Å². The molecule has 0 amide bonds. The Morgan fingerprint density at radius 1 is 1.23 bits per heavy atom. The molecule has 1 N–H and O–H groups in total. The fourth-order valence-electron chi connectivity index (χ4n) is 0.922. The lowest BCUT2D eigenvalue weighted by atomic mass is 10.2. The van der Waals surface area contributed by atoms with E-state index in [0.29, 0.717) is 10.0 Å². The van der Waals surface area contributed by atoms with Gasteiger partial charge in [-0.3, -0.25) is 0 Å². The molecule has 0 heterocycles. The molecule has 1 nitrogen and oxygen atoms in total. The minimum Gasteiger partial charge on any atom is -0.389 e. The van der Waals surface area contributed by atoms with Crippen molar-refractivity contribution in [3.8, 4) is 0 Å². The van der Waals surface area contributed by atoms with E-state index in [1.54, 1.807) is 37.3 Å². The van der Waals surface area contributed by atoms with Gasteiger partial charge in [-0.05, 0) is 30.7 Å². The Bertz CT molecular complexity index is 298. The molecular formula is C10H10Cl2O. The second-order valence-corrected chi connectivity index (χ2v) is 3.68. The van der Waals surface area contributed by atoms with Crippen LogP contribution in [0.5, 0.6) is 0 Å². The van der Waals surface area contributed by atoms with E-state index < -0.39 is 6.10 Å². The van der Waals surface area contributed by atoms with E-state index in [4.69, 9.17) is 28.3 Å². The summed E-state index contributed by atoms with van der Waals surface area (Å²) in [6.07, 6.45) is 2.99. The van der Waals surface area contributed by atoms with Gasteiger partial charge in [-0.1, -0.05) is 35.4 Å². The normalized spacial score (nSPS) is 13.5. The summed E-state index contributed by atoms with van der Waals surface area (Å²) < 4.78 is 0. The highest BCUT2D eigenvalue weighted by Crippen LogP contribution is 2.19. The minimum absolute atomic E-state index is 0.460. The zero-order valence-electron chi connectivity index (χ0n) is 7.17. The van der Waals surface area contributed by atoms with E-state index >= 15 is 0 Å². The standard InChI is InChI=1S/C10H10Cl2O/c1-7(13)2-3-8-4-9(11)6-10(12)5-8/h2-7,13H,1H3/b3-2+. The van der Waals surface area contributed by atoms with Crippen molar-refractivity contribution >= 4 is 29.3 Å². The molecule has 1 unspecified atom stereocenters. The van der Waals surface area contributed by atoms with Crippen LogP contribution >= 0.6 is 23.2 Å². The van der Waals surface area contributed by atoms with Crippen LogP contribution in [0.1, 0.15) is 12.5 Å². The molecule has 13 heavy (non-hydrogen) atoms. The molecule has 0 aliphatic carbocycles. The smallest absolute Gasteiger partial charge is 0.0696 e. The Morgan fingerprint density at radius 3 is 2.23 bits per heavy atom. The molecular weight excluding hydrogens is 207 g/mol. The molecule has 0 saturated heterocycles. The van der Waals surface area contributed by atoms with Gasteiger partial charge in [0.05, 0.1) is 6.10 Å². The molecule has 0 fully saturated rings. The number of aliphatic hydroxyl groups excluding tert-OH is 1. The van der Waals surface area contributed by atoms with Gasteiger partial charge in [0.2, 0.25) is 0 Å². The zero-order valence-corrected chi connectivity index (χ0v) is 8.68. The summed E-state index contributed by atoms with van der Waals surface area (Å²) in [5, 5.41) is 10.2. The quantitative estimate of drug-likeness (QED) is 0.804. The van der Waals surface area contributed by atoms with E-state index in [1.165, 1.54) is 0 Å². The van der Waals surface area contributed by atoms with Crippen LogP contribution in [0.3, 0.4) is 0 Å². The van der Waals surface area contributed by atoms with Gasteiger partial charge < -0.3 is 5.11 Å². The van der Waals surface area contributed by atoms with Gasteiger partial charge in [0.25, 0.3) is 0 Å². The third kappa shape index (κ3) is 3.81. The van der Waals surface area contributed by atoms with Gasteiger partial charge in [-0.25, -0.2) is 0 Å². The highest BCUT2D eigenvalue weighted by Gasteiger charge is 1.95. The fraction of sp³-hybridized carbons (Fsp3) is 0.200. The lowest BCUT2D eigenvalue weighted by Crippen LogP contribution is -1.91. The Kier molecular flexibility index (Phi) is 3.79. The van der Waals surface area contributed by atoms with E-state index in [9.17, 15) is 0 Å². The first-order valence-electron chi connectivity index (χ1n) is 3.90. The van der Waals surface area contributed by atoms with Crippen LogP contribution in [0.2, 0.25) is 10.0 Å². The van der Waals surface area contributed by atoms with Crippen molar-refractivity contribution in [1.29, 1.82) is 0 Å². The molecule has 0 saturated carbocycles. The first kappa shape index (κ1) is 10.6. The van der Waals surface area contributed by atoms with Crippen LogP contribution in [0.4, 0.5) is 0 Å². The maximum atomic E-state index is 9.00. The summed E-state index contributed by atoms with van der Waals surface area (Å²) in [4.78, 5) is 0. The van der Waals surface area contributed by atoms with E-state index in [-0.39, 0.29) is 0 Å². The Hall–Kier alpha value is -0.500. The number of hydrogen-bond donors (Lipinski definition) is 1. The molecule has 0 spiro atoms. The lowest BCUT2D eigenvalue weighted by Gasteiger charge is -1.98. The van der Waals surface area contributed by atoms with Crippen molar-refractivity contribution in [3.63, 3.8) is 0 Å². The SMILES string of the molecule is CC(O)/C=C/c1cc(Cl)cc(Cl)c1. The summed E-state index contributed by atoms with van der Waals surface area (Å²) in [6, 6.07) is 5.24. The Labute approximate surface area is 87.6 Å². The van der Waals surface area contributed by atoms with Crippen molar-refractivity contribution in [3.05, 3.63) is 39.9 Å². The molecule has 1 aromatic rings. The molecule has 0 aromatic heterocycles. The third-order valence-corrected chi connectivity index (χ3v) is 1.89. The maximum Gasteiger partial charge on any atom is 0.0696 e. The highest BCUT2D eigenvalue weighted by molar-refractivity contribution is 6.34. The van der Waals surface area contributed by atoms with Gasteiger partial charge >= 0.3 is 0 Å². The van der Waals surface area contributed by atoms with Gasteiger partial charge in [0.15, 0.2) is 0 Å². The number of benzene rings is 1. The van der Waals surface area contributed by atoms with Gasteiger partial charge in [-0.15, -0.1) is 0 Å². The van der Waals surface area contributed by atoms with Crippen molar-refractivity contribution in [2.45, 2.75) is 13.0 Å². The number of aliphatic hydroxyl groups is 1. The van der Waals surface area contributed by atoms with Gasteiger partial charge in [-0.2, -0.15) is 0 Å². The minimum atomic E-state index is -0.460. The topological polar surface area (TPSA) is 20.2 Å². The van der Waals surface area contributed by atoms with Crippen LogP contribution in [-0.4, -0.2) is 11.2 Å². The van der Waals surface area contributed by atoms with E-state index in [2.05, 4.69) is 0 Å². The second kappa shape index (κ2) is 4.66. The van der Waals surface area contributed by atoms with Crippen LogP contribution < -0.4 is 0 Å². The van der Waals surface area contributed by atoms with Gasteiger partial charge in [0.1, 0.15) is 0 Å². The van der Waals surface area contributed by atoms with Crippen molar-refractivity contribution in [2.75, 3.05) is 0 Å². The van der Waals surface area contributed by atoms with Gasteiger partial charge in [0, 0.05) is 10.0 Å². The van der Waals surface area contributed by atoms with Crippen molar-refractivity contribution in [2.24, 2.45) is 0 Å². The predicted molar refractivity (Wildman–Crippen MR) is 57.2 cm³/mol. The molecule has 0 aliphatic heterocycles. The number of halogens is 2. The fourth-order valence-corrected chi connectivity index (χ4v) is 1.46. The zero-order chi connectivity index (χ0) is 9.84. The molecule has 70 valence electrons. The molecule has 0 bridgehead atoms. The van der Waals surface area contributed by atoms with Crippen LogP contribution in [0, 0.1) is 0 Å². The maximum absolute atomic E-state index is 9.00. The Morgan fingerprint density at radius 2 is 1.77 bits per heavy atom. The third-order valence-electron chi connectivity index (χ3n) is 1.45. The first-order chi connectivity index (χ1) is 6.08. The lowest BCUT2D eigenvalue weighted by molar-refractivity contribution is 0.245. The molecule has 1 rings (SSSR count). The molecule has 3 heteroatoms. The molecule has 0 aliphatic rings. The largest absolute Gasteiger partial charge is 0.389 e. The summed E-state index contributed by atoms with van der Waals surface area (Å²) in [7, 11) is 0. The summed E-state index contributed by atoms with van der Waals surface area (Å²) >= 11 is 11.6. The Balaban J connectivity index is 2.89. The van der Waals surface area contributed by atoms with Crippen LogP contribution in [0.25, 0.3) is 6.08 Å². The number of hydrogen-bond acceptors (Lipinski definition) is 1. The molecule has 0 radical (unpaired) electrons. The highest BCUT2D eigenvalue weighted by atomic mass is 35.5. The summed E-state index contributed by atoms with van der Waals surface area (Å²) in [6.45, 7) is 1.68. The van der Waals surface area contributed by atoms with E-state index in [0.717, 1.165) is 5.56 Å². The molecule has 1 aromatic carbocycles. The van der Waals surface area contributed by atoms with Crippen LogP contribution in [-0.2, 0) is 0 Å². The summed E-state index contributed by atoms with van der Waals surface area (Å²) in [5.41, 5.74) is 0.887. The average molecular weight is 217 g/mol. The monoisotopic (exact) mass is 216 g/mol. The van der Waals surface area contributed by atoms with Crippen LogP contribution in [0.15, 0.2) is 24.3 Å². The summed E-state index contributed by atoms with van der Waals surface area (Å²) in [5.74, 6) is 0. The predicted octanol–water partition coefficient (Wildman–Crippen LogP) is 3.39. The number of rotatable bonds is 2. The van der Waals surface area contributed by atoms with Crippen molar-refractivity contribution < 1.29 is 5.11 Å². The second-order valence-electron chi connectivity index (χ2n) is 2.80. The average Bonchev–Trinajstić information content (AvgIpc) is 1.99. The first-order valence-corrected chi connectivity index (χ1v) is 4.66.